The lowest BCUT2D eigenvalue weighted by molar-refractivity contribution is 0.970. The van der Waals surface area contributed by atoms with Crippen LogP contribution in [0.5, 0.6) is 0 Å². The van der Waals surface area contributed by atoms with Crippen molar-refractivity contribution in [3.8, 4) is 0 Å². The molecule has 0 bridgehead atoms. The van der Waals surface area contributed by atoms with Crippen molar-refractivity contribution < 1.29 is 0 Å². The summed E-state index contributed by atoms with van der Waals surface area (Å²) in [5.41, 5.74) is 7.57. The van der Waals surface area contributed by atoms with Gasteiger partial charge in [-0.05, 0) is 35.4 Å². The van der Waals surface area contributed by atoms with Gasteiger partial charge in [-0.25, -0.2) is 15.0 Å². The number of anilines is 1. The van der Waals surface area contributed by atoms with Gasteiger partial charge in [-0.1, -0.05) is 19.1 Å². The molecule has 3 aromatic rings. The first-order valence-electron chi connectivity index (χ1n) is 5.79. The summed E-state index contributed by atoms with van der Waals surface area (Å²) >= 11 is 2.77. The molecule has 0 fully saturated rings. The second-order valence-corrected chi connectivity index (χ2v) is 5.82. The van der Waals surface area contributed by atoms with E-state index >= 15 is 0 Å². The van der Waals surface area contributed by atoms with Gasteiger partial charge in [0, 0.05) is 6.42 Å². The second-order valence-electron chi connectivity index (χ2n) is 3.83. The van der Waals surface area contributed by atoms with Crippen molar-refractivity contribution in [2.45, 2.75) is 22.7 Å². The van der Waals surface area contributed by atoms with Gasteiger partial charge in [0.1, 0.15) is 10.9 Å². The summed E-state index contributed by atoms with van der Waals surface area (Å²) in [6, 6.07) is 7.67. The molecule has 19 heavy (non-hydrogen) atoms. The van der Waals surface area contributed by atoms with Crippen LogP contribution in [0.1, 0.15) is 12.7 Å². The number of hydrogen-bond donors (Lipinski definition) is 1. The van der Waals surface area contributed by atoms with E-state index in [-0.39, 0.29) is 0 Å². The van der Waals surface area contributed by atoms with Gasteiger partial charge in [0.15, 0.2) is 10.2 Å². The minimum atomic E-state index is 0.428. The molecule has 0 saturated carbocycles. The second kappa shape index (κ2) is 5.10. The Morgan fingerprint density at radius 2 is 1.89 bits per heavy atom. The van der Waals surface area contributed by atoms with E-state index in [2.05, 4.69) is 19.3 Å². The van der Waals surface area contributed by atoms with E-state index < -0.39 is 0 Å². The molecule has 0 atom stereocenters. The van der Waals surface area contributed by atoms with Gasteiger partial charge < -0.3 is 5.73 Å². The SMILES string of the molecule is CCc1nsc(Sc2nc3ccccc3nc2N)n1. The lowest BCUT2D eigenvalue weighted by Gasteiger charge is -2.03. The van der Waals surface area contributed by atoms with Crippen LogP contribution in [-0.4, -0.2) is 19.3 Å². The highest BCUT2D eigenvalue weighted by molar-refractivity contribution is 8.01. The first-order chi connectivity index (χ1) is 9.26. The topological polar surface area (TPSA) is 77.6 Å². The maximum atomic E-state index is 5.94. The van der Waals surface area contributed by atoms with Crippen LogP contribution in [0.3, 0.4) is 0 Å². The van der Waals surface area contributed by atoms with Crippen molar-refractivity contribution >= 4 is 40.1 Å². The molecule has 0 aliphatic rings. The Bertz CT molecular complexity index is 725. The molecule has 0 aliphatic carbocycles. The fourth-order valence-corrected chi connectivity index (χ4v) is 3.19. The molecule has 96 valence electrons. The van der Waals surface area contributed by atoms with Gasteiger partial charge in [-0.2, -0.15) is 4.37 Å². The molecule has 2 aromatic heterocycles. The third kappa shape index (κ3) is 2.52. The average molecular weight is 289 g/mol. The molecule has 0 saturated heterocycles. The zero-order chi connectivity index (χ0) is 13.2. The predicted octanol–water partition coefficient (Wildman–Crippen LogP) is 2.78. The third-order valence-electron chi connectivity index (χ3n) is 2.51. The molecule has 2 heterocycles. The molecular formula is C12H11N5S2. The molecule has 0 radical (unpaired) electrons. The van der Waals surface area contributed by atoms with Gasteiger partial charge in [0.05, 0.1) is 11.0 Å². The number of hydrogen-bond acceptors (Lipinski definition) is 7. The van der Waals surface area contributed by atoms with Crippen LogP contribution in [0.25, 0.3) is 11.0 Å². The lowest BCUT2D eigenvalue weighted by atomic mass is 10.3. The van der Waals surface area contributed by atoms with Crippen LogP contribution in [0.4, 0.5) is 5.82 Å². The fraction of sp³-hybridized carbons (Fsp3) is 0.167. The smallest absolute Gasteiger partial charge is 0.176 e. The zero-order valence-corrected chi connectivity index (χ0v) is 11.8. The van der Waals surface area contributed by atoms with Crippen molar-refractivity contribution in [1.82, 2.24) is 19.3 Å². The maximum absolute atomic E-state index is 5.94. The van der Waals surface area contributed by atoms with E-state index in [1.54, 1.807) is 0 Å². The number of fused-ring (bicyclic) bond motifs is 1. The van der Waals surface area contributed by atoms with Crippen molar-refractivity contribution in [1.29, 1.82) is 0 Å². The van der Waals surface area contributed by atoms with Gasteiger partial charge in [-0.3, -0.25) is 0 Å². The van der Waals surface area contributed by atoms with Crippen LogP contribution < -0.4 is 5.73 Å². The van der Waals surface area contributed by atoms with Crippen molar-refractivity contribution in [2.75, 3.05) is 5.73 Å². The van der Waals surface area contributed by atoms with E-state index in [0.29, 0.717) is 10.8 Å². The number of para-hydroxylation sites is 2. The maximum Gasteiger partial charge on any atom is 0.176 e. The van der Waals surface area contributed by atoms with E-state index in [1.165, 1.54) is 23.3 Å². The number of nitrogens with zero attached hydrogens (tertiary/aromatic N) is 4. The van der Waals surface area contributed by atoms with Crippen molar-refractivity contribution in [3.05, 3.63) is 30.1 Å². The molecule has 1 aromatic carbocycles. The Hall–Kier alpha value is -1.73. The van der Waals surface area contributed by atoms with Gasteiger partial charge in [0.25, 0.3) is 0 Å². The Morgan fingerprint density at radius 3 is 2.58 bits per heavy atom. The Labute approximate surface area is 118 Å². The molecule has 0 spiro atoms. The lowest BCUT2D eigenvalue weighted by Crippen LogP contribution is -1.97. The predicted molar refractivity (Wildman–Crippen MR) is 77.4 cm³/mol. The highest BCUT2D eigenvalue weighted by Gasteiger charge is 2.11. The number of nitrogens with two attached hydrogens (primary N) is 1. The Balaban J connectivity index is 1.97. The molecule has 2 N–H and O–H groups in total. The fourth-order valence-electron chi connectivity index (χ4n) is 1.58. The van der Waals surface area contributed by atoms with Gasteiger partial charge in [-0.15, -0.1) is 0 Å². The molecular weight excluding hydrogens is 278 g/mol. The standard InChI is InChI=1S/C12H11N5S2/c1-2-9-16-12(19-17-9)18-11-10(13)14-7-5-3-4-6-8(7)15-11/h3-6H,2H2,1H3,(H2,13,14). The summed E-state index contributed by atoms with van der Waals surface area (Å²) in [6.07, 6.45) is 0.829. The molecule has 3 rings (SSSR count). The summed E-state index contributed by atoms with van der Waals surface area (Å²) in [5.74, 6) is 1.27. The summed E-state index contributed by atoms with van der Waals surface area (Å²) < 4.78 is 5.08. The van der Waals surface area contributed by atoms with E-state index in [1.807, 2.05) is 31.2 Å². The molecule has 0 aliphatic heterocycles. The normalized spacial score (nSPS) is 11.0. The Kier molecular flexibility index (Phi) is 3.31. The molecule has 7 heteroatoms. The summed E-state index contributed by atoms with van der Waals surface area (Å²) in [4.78, 5) is 13.3. The number of benzene rings is 1. The highest BCUT2D eigenvalue weighted by atomic mass is 32.2. The van der Waals surface area contributed by atoms with E-state index in [0.717, 1.165) is 27.6 Å². The van der Waals surface area contributed by atoms with E-state index in [9.17, 15) is 0 Å². The third-order valence-corrected chi connectivity index (χ3v) is 4.30. The monoisotopic (exact) mass is 289 g/mol. The quantitative estimate of drug-likeness (QED) is 0.799. The summed E-state index contributed by atoms with van der Waals surface area (Å²) in [6.45, 7) is 2.03. The van der Waals surface area contributed by atoms with Crippen LogP contribution in [0, 0.1) is 0 Å². The van der Waals surface area contributed by atoms with E-state index in [4.69, 9.17) is 5.73 Å². The van der Waals surface area contributed by atoms with Gasteiger partial charge >= 0.3 is 0 Å². The number of nitrogen functional groups attached to an aromatic ring is 1. The first kappa shape index (κ1) is 12.3. The molecule has 0 amide bonds. The summed E-state index contributed by atoms with van der Waals surface area (Å²) in [7, 11) is 0. The van der Waals surface area contributed by atoms with Crippen molar-refractivity contribution in [3.63, 3.8) is 0 Å². The number of aryl methyl sites for hydroxylation is 1. The van der Waals surface area contributed by atoms with Gasteiger partial charge in [0.2, 0.25) is 0 Å². The largest absolute Gasteiger partial charge is 0.381 e. The average Bonchev–Trinajstić information content (AvgIpc) is 2.87. The highest BCUT2D eigenvalue weighted by Crippen LogP contribution is 2.31. The number of aromatic nitrogens is 4. The zero-order valence-electron chi connectivity index (χ0n) is 10.2. The Morgan fingerprint density at radius 1 is 1.16 bits per heavy atom. The summed E-state index contributed by atoms with van der Waals surface area (Å²) in [5, 5.41) is 0.678. The molecule has 5 nitrogen and oxygen atoms in total. The van der Waals surface area contributed by atoms with Crippen molar-refractivity contribution in [2.24, 2.45) is 0 Å². The van der Waals surface area contributed by atoms with Crippen LogP contribution in [0.15, 0.2) is 33.6 Å². The van der Waals surface area contributed by atoms with Crippen LogP contribution >= 0.6 is 23.3 Å². The minimum absolute atomic E-state index is 0.428. The minimum Gasteiger partial charge on any atom is -0.381 e. The van der Waals surface area contributed by atoms with Crippen LogP contribution in [-0.2, 0) is 6.42 Å². The first-order valence-corrected chi connectivity index (χ1v) is 7.38. The number of rotatable bonds is 3. The van der Waals surface area contributed by atoms with Crippen LogP contribution in [0.2, 0.25) is 0 Å². The molecule has 0 unspecified atom stereocenters.